The molecule has 0 aliphatic carbocycles. The van der Waals surface area contributed by atoms with Gasteiger partial charge in [-0.3, -0.25) is 0 Å². The summed E-state index contributed by atoms with van der Waals surface area (Å²) in [7, 11) is 0. The molecule has 4 saturated heterocycles. The number of benzene rings is 5. The van der Waals surface area contributed by atoms with Gasteiger partial charge in [0.25, 0.3) is 0 Å². The summed E-state index contributed by atoms with van der Waals surface area (Å²) in [5.74, 6) is 0. The minimum atomic E-state index is -0.745. The highest BCUT2D eigenvalue weighted by molar-refractivity contribution is 8.00. The van der Waals surface area contributed by atoms with Crippen molar-refractivity contribution in [1.29, 1.82) is 0 Å². The van der Waals surface area contributed by atoms with Crippen LogP contribution in [0.5, 0.6) is 0 Å². The zero-order chi connectivity index (χ0) is 37.6. The van der Waals surface area contributed by atoms with Crippen LogP contribution in [-0.4, -0.2) is 64.8 Å². The molecule has 5 aromatic carbocycles. The summed E-state index contributed by atoms with van der Waals surface area (Å²) in [5.41, 5.74) is 2.53. The summed E-state index contributed by atoms with van der Waals surface area (Å²) in [6.07, 6.45) is -3.17. The molecule has 0 radical (unpaired) electrons. The van der Waals surface area contributed by atoms with Crippen LogP contribution in [0, 0.1) is 0 Å². The van der Waals surface area contributed by atoms with Crippen LogP contribution >= 0.6 is 23.5 Å². The third-order valence-corrected chi connectivity index (χ3v) is 12.3. The molecule has 4 aliphatic rings. The average molecular weight is 779 g/mol. The summed E-state index contributed by atoms with van der Waals surface area (Å²) in [5, 5.41) is 10.7. The van der Waals surface area contributed by atoms with Gasteiger partial charge in [0, 0.05) is 20.9 Å². The fourth-order valence-electron chi connectivity index (χ4n) is 7.22. The van der Waals surface area contributed by atoms with Gasteiger partial charge in [0.15, 0.2) is 12.6 Å². The van der Waals surface area contributed by atoms with Crippen molar-refractivity contribution >= 4 is 23.5 Å². The summed E-state index contributed by atoms with van der Waals surface area (Å²) < 4.78 is 43.7. The molecule has 4 aliphatic heterocycles. The molecular formula is C45H46O8S2. The normalized spacial score (nSPS) is 32.5. The Hall–Kier alpha value is -3.52. The molecule has 1 N–H and O–H groups in total. The third kappa shape index (κ3) is 9.21. The van der Waals surface area contributed by atoms with Crippen LogP contribution in [0.25, 0.3) is 0 Å². The van der Waals surface area contributed by atoms with E-state index in [9.17, 15) is 5.11 Å². The standard InChI is InChI=1S/C26H26O4S.C19H20O4S/c1-18-22-23(30-25(29-22)20-13-7-3-8-14-20)24(27-17-19-11-5-2-6-12-19)26(28-18)31-21-15-9-4-10-16-21;1-12-16-17(23-18(22-16)13-8-4-2-5-9-13)15(20)19(21-12)24-14-10-6-3-7-11-14/h2-16,18,22-26H,17H2,1H3;2-12,15-20H,1H3/t18?,22-,23+,24?,25?,26-;12?,15?,16-,17-,18?,19-/m11/s1. The monoisotopic (exact) mass is 778 g/mol. The van der Waals surface area contributed by atoms with E-state index in [1.807, 2.05) is 134 Å². The molecule has 286 valence electrons. The zero-order valence-corrected chi connectivity index (χ0v) is 32.3. The number of hydrogen-bond acceptors (Lipinski definition) is 10. The molecular weight excluding hydrogens is 733 g/mol. The first kappa shape index (κ1) is 38.4. The van der Waals surface area contributed by atoms with E-state index in [-0.39, 0.29) is 53.6 Å². The molecule has 9 rings (SSSR count). The van der Waals surface area contributed by atoms with E-state index in [0.717, 1.165) is 26.5 Å². The lowest BCUT2D eigenvalue weighted by Gasteiger charge is -2.40. The molecule has 0 bridgehead atoms. The lowest BCUT2D eigenvalue weighted by Crippen LogP contribution is -2.55. The predicted molar refractivity (Wildman–Crippen MR) is 212 cm³/mol. The van der Waals surface area contributed by atoms with E-state index < -0.39 is 18.7 Å². The molecule has 0 saturated carbocycles. The summed E-state index contributed by atoms with van der Waals surface area (Å²) in [4.78, 5) is 2.20. The van der Waals surface area contributed by atoms with Crippen LogP contribution in [0.3, 0.4) is 0 Å². The summed E-state index contributed by atoms with van der Waals surface area (Å²) in [6, 6.07) is 50.3. The maximum absolute atomic E-state index is 10.7. The smallest absolute Gasteiger partial charge is 0.184 e. The van der Waals surface area contributed by atoms with Gasteiger partial charge >= 0.3 is 0 Å². The summed E-state index contributed by atoms with van der Waals surface area (Å²) >= 11 is 3.19. The number of thioether (sulfide) groups is 2. The first-order chi connectivity index (χ1) is 27.0. The van der Waals surface area contributed by atoms with Crippen molar-refractivity contribution in [1.82, 2.24) is 0 Å². The second-order valence-corrected chi connectivity index (χ2v) is 16.3. The first-order valence-corrected chi connectivity index (χ1v) is 20.6. The lowest BCUT2D eigenvalue weighted by molar-refractivity contribution is -0.174. The highest BCUT2D eigenvalue weighted by atomic mass is 32.2. The van der Waals surface area contributed by atoms with E-state index in [1.165, 1.54) is 11.8 Å². The Bertz CT molecular complexity index is 1890. The number of fused-ring (bicyclic) bond motifs is 2. The van der Waals surface area contributed by atoms with Gasteiger partial charge in [-0.05, 0) is 43.7 Å². The Morgan fingerprint density at radius 3 is 1.40 bits per heavy atom. The van der Waals surface area contributed by atoms with Gasteiger partial charge < -0.3 is 38.3 Å². The van der Waals surface area contributed by atoms with Crippen LogP contribution in [0.15, 0.2) is 161 Å². The Kier molecular flexibility index (Phi) is 12.7. The minimum absolute atomic E-state index is 0.100. The SMILES string of the molecule is CC1O[C@H](Sc2ccccc2)C(O)[C@H]2OC(c3ccccc3)O[C@H]12.CC1O[C@H](Sc2ccccc2)C(OCc2ccccc2)[C@H]2OC(c3ccccc3)O[C@H]12. The van der Waals surface area contributed by atoms with E-state index in [0.29, 0.717) is 6.61 Å². The van der Waals surface area contributed by atoms with Crippen molar-refractivity contribution < 1.29 is 38.3 Å². The zero-order valence-electron chi connectivity index (χ0n) is 30.7. The summed E-state index contributed by atoms with van der Waals surface area (Å²) in [6.45, 7) is 4.52. The van der Waals surface area contributed by atoms with E-state index in [4.69, 9.17) is 33.2 Å². The fourth-order valence-corrected chi connectivity index (χ4v) is 9.51. The maximum atomic E-state index is 10.7. The largest absolute Gasteiger partial charge is 0.387 e. The van der Waals surface area contributed by atoms with Crippen LogP contribution in [0.2, 0.25) is 0 Å². The van der Waals surface area contributed by atoms with Gasteiger partial charge in [-0.15, -0.1) is 0 Å². The quantitative estimate of drug-likeness (QED) is 0.157. The van der Waals surface area contributed by atoms with Crippen molar-refractivity contribution in [2.75, 3.05) is 0 Å². The first-order valence-electron chi connectivity index (χ1n) is 18.8. The van der Waals surface area contributed by atoms with Crippen molar-refractivity contribution in [3.8, 4) is 0 Å². The Morgan fingerprint density at radius 1 is 0.473 bits per heavy atom. The van der Waals surface area contributed by atoms with Crippen LogP contribution in [0.1, 0.15) is 43.1 Å². The number of aliphatic hydroxyl groups excluding tert-OH is 1. The molecule has 5 aromatic rings. The van der Waals surface area contributed by atoms with Crippen LogP contribution in [0.4, 0.5) is 0 Å². The highest BCUT2D eigenvalue weighted by Gasteiger charge is 2.53. The average Bonchev–Trinajstić information content (AvgIpc) is 3.90. The maximum Gasteiger partial charge on any atom is 0.184 e. The van der Waals surface area contributed by atoms with Crippen molar-refractivity contribution in [2.45, 2.75) is 103 Å². The molecule has 6 unspecified atom stereocenters. The van der Waals surface area contributed by atoms with Crippen LogP contribution in [-0.2, 0) is 39.8 Å². The molecule has 12 atom stereocenters. The molecule has 4 heterocycles. The van der Waals surface area contributed by atoms with Crippen LogP contribution < -0.4 is 0 Å². The highest BCUT2D eigenvalue weighted by Crippen LogP contribution is 2.45. The Balaban J connectivity index is 0.000000160. The minimum Gasteiger partial charge on any atom is -0.387 e. The molecule has 0 spiro atoms. The van der Waals surface area contributed by atoms with E-state index in [2.05, 4.69) is 31.2 Å². The van der Waals surface area contributed by atoms with Crippen molar-refractivity contribution in [3.05, 3.63) is 168 Å². The van der Waals surface area contributed by atoms with Gasteiger partial charge in [-0.25, -0.2) is 0 Å². The van der Waals surface area contributed by atoms with Gasteiger partial charge in [0.2, 0.25) is 0 Å². The van der Waals surface area contributed by atoms with Gasteiger partial charge in [-0.1, -0.05) is 151 Å². The topological polar surface area (TPSA) is 84.8 Å². The van der Waals surface area contributed by atoms with E-state index in [1.54, 1.807) is 11.8 Å². The fraction of sp³-hybridized carbons (Fsp3) is 0.333. The van der Waals surface area contributed by atoms with Gasteiger partial charge in [0.1, 0.15) is 47.5 Å². The molecule has 8 nitrogen and oxygen atoms in total. The lowest BCUT2D eigenvalue weighted by atomic mass is 10.0. The molecule has 0 amide bonds. The Labute approximate surface area is 331 Å². The van der Waals surface area contributed by atoms with Crippen molar-refractivity contribution in [2.24, 2.45) is 0 Å². The van der Waals surface area contributed by atoms with E-state index >= 15 is 0 Å². The molecule has 0 aromatic heterocycles. The second-order valence-electron chi connectivity index (χ2n) is 13.9. The molecule has 10 heteroatoms. The molecule has 4 fully saturated rings. The number of aliphatic hydroxyl groups is 1. The molecule has 55 heavy (non-hydrogen) atoms. The predicted octanol–water partition coefficient (Wildman–Crippen LogP) is 8.96. The number of rotatable bonds is 9. The third-order valence-electron chi connectivity index (χ3n) is 10.0. The van der Waals surface area contributed by atoms with Gasteiger partial charge in [0.05, 0.1) is 18.8 Å². The van der Waals surface area contributed by atoms with Gasteiger partial charge in [-0.2, -0.15) is 0 Å². The number of hydrogen-bond donors (Lipinski definition) is 1. The Morgan fingerprint density at radius 2 is 0.873 bits per heavy atom. The van der Waals surface area contributed by atoms with Crippen molar-refractivity contribution in [3.63, 3.8) is 0 Å². The number of ether oxygens (including phenoxy) is 7. The second kappa shape index (κ2) is 18.2.